The van der Waals surface area contributed by atoms with Crippen molar-refractivity contribution in [2.24, 2.45) is 0 Å². The molecule has 0 radical (unpaired) electrons. The van der Waals surface area contributed by atoms with Crippen molar-refractivity contribution >= 4 is 5.97 Å². The lowest BCUT2D eigenvalue weighted by atomic mass is 10.2. The Kier molecular flexibility index (Phi) is 2.90. The molecule has 0 fully saturated rings. The molecule has 0 aliphatic carbocycles. The van der Waals surface area contributed by atoms with E-state index in [0.717, 1.165) is 0 Å². The summed E-state index contributed by atoms with van der Waals surface area (Å²) in [7, 11) is 0. The second kappa shape index (κ2) is 3.95. The molecule has 0 saturated carbocycles. The fourth-order valence-electron chi connectivity index (χ4n) is 0.767. The molecule has 1 aromatic rings. The number of aromatic nitrogens is 1. The van der Waals surface area contributed by atoms with E-state index in [1.54, 1.807) is 0 Å². The van der Waals surface area contributed by atoms with Gasteiger partial charge in [0, 0.05) is 12.3 Å². The smallest absolute Gasteiger partial charge is 0.387 e. The van der Waals surface area contributed by atoms with E-state index in [1.165, 1.54) is 0 Å². The first-order chi connectivity index (χ1) is 6.50. The van der Waals surface area contributed by atoms with Crippen molar-refractivity contribution in [3.63, 3.8) is 0 Å². The minimum atomic E-state index is -3.21. The summed E-state index contributed by atoms with van der Waals surface area (Å²) in [6, 6.07) is 0.482. The number of nitrogens with zero attached hydrogens (tertiary/aromatic N) is 1. The molecule has 76 valence electrons. The first-order valence-corrected chi connectivity index (χ1v) is 3.34. The average Bonchev–Trinajstić information content (AvgIpc) is 2.01. The van der Waals surface area contributed by atoms with Crippen LogP contribution in [0.5, 0.6) is 5.75 Å². The number of ether oxygens (including phenoxy) is 1. The van der Waals surface area contributed by atoms with Gasteiger partial charge in [0.05, 0.1) is 0 Å². The van der Waals surface area contributed by atoms with Crippen molar-refractivity contribution in [3.05, 3.63) is 23.8 Å². The number of hydrogen-bond donors (Lipinski definition) is 1. The van der Waals surface area contributed by atoms with Gasteiger partial charge in [0.1, 0.15) is 11.3 Å². The van der Waals surface area contributed by atoms with Gasteiger partial charge in [-0.05, 0) is 0 Å². The van der Waals surface area contributed by atoms with E-state index in [9.17, 15) is 18.0 Å². The number of hydrogen-bond acceptors (Lipinski definition) is 3. The molecule has 1 aromatic heterocycles. The Morgan fingerprint density at radius 3 is 2.71 bits per heavy atom. The summed E-state index contributed by atoms with van der Waals surface area (Å²) in [5.74, 6) is -3.36. The van der Waals surface area contributed by atoms with Gasteiger partial charge in [-0.15, -0.1) is 0 Å². The first-order valence-electron chi connectivity index (χ1n) is 3.34. The Bertz CT molecular complexity index is 356. The summed E-state index contributed by atoms with van der Waals surface area (Å²) >= 11 is 0. The van der Waals surface area contributed by atoms with Crippen LogP contribution in [0.15, 0.2) is 12.3 Å². The molecule has 0 bridgehead atoms. The van der Waals surface area contributed by atoms with E-state index in [0.29, 0.717) is 12.3 Å². The summed E-state index contributed by atoms with van der Waals surface area (Å²) in [6.45, 7) is -3.21. The van der Waals surface area contributed by atoms with E-state index in [4.69, 9.17) is 5.11 Å². The molecule has 0 unspecified atom stereocenters. The van der Waals surface area contributed by atoms with E-state index >= 15 is 0 Å². The lowest BCUT2D eigenvalue weighted by molar-refractivity contribution is -0.0505. The van der Waals surface area contributed by atoms with Gasteiger partial charge in [-0.2, -0.15) is 13.2 Å². The molecule has 1 heterocycles. The third-order valence-corrected chi connectivity index (χ3v) is 1.28. The number of alkyl halides is 2. The SMILES string of the molecule is O=C(O)c1cnc(F)cc1OC(F)F. The fraction of sp³-hybridized carbons (Fsp3) is 0.143. The fourth-order valence-corrected chi connectivity index (χ4v) is 0.767. The minimum absolute atomic E-state index is 0.482. The van der Waals surface area contributed by atoms with Gasteiger partial charge in [0.2, 0.25) is 5.95 Å². The van der Waals surface area contributed by atoms with Gasteiger partial charge < -0.3 is 9.84 Å². The molecule has 0 aromatic carbocycles. The van der Waals surface area contributed by atoms with Crippen LogP contribution in [0, 0.1) is 5.95 Å². The van der Waals surface area contributed by atoms with Crippen LogP contribution in [-0.2, 0) is 0 Å². The van der Waals surface area contributed by atoms with Crippen molar-refractivity contribution in [3.8, 4) is 5.75 Å². The highest BCUT2D eigenvalue weighted by Gasteiger charge is 2.16. The highest BCUT2D eigenvalue weighted by Crippen LogP contribution is 2.20. The summed E-state index contributed by atoms with van der Waals surface area (Å²) in [5.41, 5.74) is -0.619. The number of carbonyl (C=O) groups is 1. The predicted octanol–water partition coefficient (Wildman–Crippen LogP) is 1.52. The highest BCUT2D eigenvalue weighted by molar-refractivity contribution is 5.90. The summed E-state index contributed by atoms with van der Waals surface area (Å²) < 4.78 is 39.7. The number of halogens is 3. The summed E-state index contributed by atoms with van der Waals surface area (Å²) in [5, 5.41) is 8.48. The Morgan fingerprint density at radius 2 is 2.21 bits per heavy atom. The van der Waals surface area contributed by atoms with Gasteiger partial charge in [-0.25, -0.2) is 9.78 Å². The van der Waals surface area contributed by atoms with Crippen molar-refractivity contribution < 1.29 is 27.8 Å². The molecule has 0 saturated heterocycles. The van der Waals surface area contributed by atoms with Crippen LogP contribution in [-0.4, -0.2) is 22.7 Å². The van der Waals surface area contributed by atoms with Crippen LogP contribution < -0.4 is 4.74 Å². The molecule has 0 aliphatic rings. The molecule has 1 rings (SSSR count). The maximum Gasteiger partial charge on any atom is 0.387 e. The van der Waals surface area contributed by atoms with Gasteiger partial charge in [0.25, 0.3) is 0 Å². The van der Waals surface area contributed by atoms with Crippen molar-refractivity contribution in [2.45, 2.75) is 6.61 Å². The van der Waals surface area contributed by atoms with E-state index in [-0.39, 0.29) is 0 Å². The van der Waals surface area contributed by atoms with E-state index in [2.05, 4.69) is 9.72 Å². The lowest BCUT2D eigenvalue weighted by Crippen LogP contribution is -2.08. The van der Waals surface area contributed by atoms with Crippen LogP contribution in [0.3, 0.4) is 0 Å². The molecule has 14 heavy (non-hydrogen) atoms. The van der Waals surface area contributed by atoms with E-state index in [1.807, 2.05) is 0 Å². The summed E-state index contributed by atoms with van der Waals surface area (Å²) in [6.07, 6.45) is 0.607. The molecular weight excluding hydrogens is 203 g/mol. The standard InChI is InChI=1S/C7H4F3NO3/c8-5-1-4(14-7(9)10)3(2-11-5)6(12)13/h1-2,7H,(H,12,13). The minimum Gasteiger partial charge on any atom is -0.477 e. The summed E-state index contributed by atoms with van der Waals surface area (Å²) in [4.78, 5) is 13.4. The number of aromatic carboxylic acids is 1. The van der Waals surface area contributed by atoms with Crippen molar-refractivity contribution in [1.29, 1.82) is 0 Å². The van der Waals surface area contributed by atoms with Crippen LogP contribution in [0.1, 0.15) is 10.4 Å². The van der Waals surface area contributed by atoms with Crippen LogP contribution in [0.25, 0.3) is 0 Å². The van der Waals surface area contributed by atoms with Gasteiger partial charge in [-0.3, -0.25) is 0 Å². The van der Waals surface area contributed by atoms with Crippen LogP contribution in [0.2, 0.25) is 0 Å². The molecule has 4 nitrogen and oxygen atoms in total. The Hall–Kier alpha value is -1.79. The third kappa shape index (κ3) is 2.35. The number of carboxylic acid groups (broad SMARTS) is 1. The first kappa shape index (κ1) is 10.3. The molecule has 1 N–H and O–H groups in total. The van der Waals surface area contributed by atoms with Gasteiger partial charge >= 0.3 is 12.6 Å². The van der Waals surface area contributed by atoms with Crippen molar-refractivity contribution in [2.75, 3.05) is 0 Å². The van der Waals surface area contributed by atoms with Crippen molar-refractivity contribution in [1.82, 2.24) is 4.98 Å². The predicted molar refractivity (Wildman–Crippen MR) is 37.8 cm³/mol. The number of rotatable bonds is 3. The highest BCUT2D eigenvalue weighted by atomic mass is 19.3. The number of pyridine rings is 1. The normalized spacial score (nSPS) is 10.3. The maximum absolute atomic E-state index is 12.4. The molecule has 7 heteroatoms. The zero-order chi connectivity index (χ0) is 10.7. The quantitative estimate of drug-likeness (QED) is 0.763. The topological polar surface area (TPSA) is 59.4 Å². The zero-order valence-electron chi connectivity index (χ0n) is 6.58. The van der Waals surface area contributed by atoms with Crippen LogP contribution >= 0.6 is 0 Å². The Morgan fingerprint density at radius 1 is 1.57 bits per heavy atom. The molecule has 0 spiro atoms. The monoisotopic (exact) mass is 207 g/mol. The second-order valence-electron chi connectivity index (χ2n) is 2.19. The zero-order valence-corrected chi connectivity index (χ0v) is 6.58. The van der Waals surface area contributed by atoms with E-state index < -0.39 is 29.8 Å². The average molecular weight is 207 g/mol. The Balaban J connectivity index is 3.09. The van der Waals surface area contributed by atoms with Gasteiger partial charge in [-0.1, -0.05) is 0 Å². The third-order valence-electron chi connectivity index (χ3n) is 1.28. The second-order valence-corrected chi connectivity index (χ2v) is 2.19. The molecule has 0 amide bonds. The van der Waals surface area contributed by atoms with Gasteiger partial charge in [0.15, 0.2) is 0 Å². The molecule has 0 aliphatic heterocycles. The van der Waals surface area contributed by atoms with Crippen LogP contribution in [0.4, 0.5) is 13.2 Å². The largest absolute Gasteiger partial charge is 0.477 e. The number of carboxylic acids is 1. The molecular formula is C7H4F3NO3. The molecule has 0 atom stereocenters. The Labute approximate surface area is 75.9 Å². The maximum atomic E-state index is 12.4. The lowest BCUT2D eigenvalue weighted by Gasteiger charge is -2.06.